The van der Waals surface area contributed by atoms with Crippen LogP contribution in [0.15, 0.2) is 29.2 Å². The largest absolute Gasteiger partial charge is 0.391 e. The number of halogens is 1. The summed E-state index contributed by atoms with van der Waals surface area (Å²) in [5, 5.41) is 15.6. The zero-order valence-corrected chi connectivity index (χ0v) is 16.9. The zero-order valence-electron chi connectivity index (χ0n) is 15.2. The molecule has 1 saturated heterocycles. The summed E-state index contributed by atoms with van der Waals surface area (Å²) in [5.41, 5.74) is 0.959. The number of benzene rings is 1. The molecule has 1 fully saturated rings. The normalized spacial score (nSPS) is 21.3. The van der Waals surface area contributed by atoms with E-state index < -0.39 is 22.2 Å². The third-order valence-electron chi connectivity index (χ3n) is 4.41. The first-order valence-corrected chi connectivity index (χ1v) is 9.94. The summed E-state index contributed by atoms with van der Waals surface area (Å²) >= 11 is 0. The van der Waals surface area contributed by atoms with Gasteiger partial charge in [0.15, 0.2) is 0 Å². The van der Waals surface area contributed by atoms with Crippen LogP contribution in [0.1, 0.15) is 19.4 Å². The molecule has 2 rings (SSSR count). The Kier molecular flexibility index (Phi) is 8.49. The van der Waals surface area contributed by atoms with Gasteiger partial charge >= 0.3 is 0 Å². The van der Waals surface area contributed by atoms with Crippen molar-refractivity contribution < 1.29 is 18.3 Å². The Morgan fingerprint density at radius 2 is 1.88 bits per heavy atom. The second kappa shape index (κ2) is 9.66. The van der Waals surface area contributed by atoms with Gasteiger partial charge in [-0.05, 0) is 25.0 Å². The molecule has 148 valence electrons. The lowest BCUT2D eigenvalue weighted by Gasteiger charge is -2.23. The van der Waals surface area contributed by atoms with Gasteiger partial charge in [-0.3, -0.25) is 4.79 Å². The molecule has 26 heavy (non-hydrogen) atoms. The van der Waals surface area contributed by atoms with E-state index in [1.807, 2.05) is 6.92 Å². The van der Waals surface area contributed by atoms with E-state index in [9.17, 15) is 18.3 Å². The van der Waals surface area contributed by atoms with Crippen LogP contribution in [0.3, 0.4) is 0 Å². The Balaban J connectivity index is 0.00000338. The van der Waals surface area contributed by atoms with Gasteiger partial charge in [-0.2, -0.15) is 4.72 Å². The summed E-state index contributed by atoms with van der Waals surface area (Å²) in [5.74, 6) is -0.665. The number of nitrogens with one attached hydrogen (secondary N) is 3. The van der Waals surface area contributed by atoms with Crippen LogP contribution in [0.25, 0.3) is 0 Å². The van der Waals surface area contributed by atoms with Crippen LogP contribution in [0.4, 0.5) is 0 Å². The number of amides is 1. The lowest BCUT2D eigenvalue weighted by Crippen LogP contribution is -2.51. The predicted octanol–water partition coefficient (Wildman–Crippen LogP) is 0.416. The van der Waals surface area contributed by atoms with Crippen molar-refractivity contribution in [2.45, 2.75) is 37.8 Å². The Labute approximate surface area is 161 Å². The average Bonchev–Trinajstić information content (AvgIpc) is 2.95. The second-order valence-electron chi connectivity index (χ2n) is 6.89. The summed E-state index contributed by atoms with van der Waals surface area (Å²) in [6, 6.07) is 5.60. The van der Waals surface area contributed by atoms with Crippen LogP contribution < -0.4 is 15.4 Å². The molecule has 9 heteroatoms. The summed E-state index contributed by atoms with van der Waals surface area (Å²) in [6.07, 6.45) is -0.498. The van der Waals surface area contributed by atoms with Gasteiger partial charge in [-0.25, -0.2) is 8.42 Å². The molecule has 3 unspecified atom stereocenters. The van der Waals surface area contributed by atoms with Crippen LogP contribution >= 0.6 is 12.4 Å². The SMILES string of the molecule is Cc1ccc(S(=O)(=O)NC(C(=O)NCC2CNCC2O)C(C)C)cc1.Cl. The standard InChI is InChI=1S/C17H27N3O4S.ClH/c1-11(2)16(17(22)19-9-13-8-18-10-15(13)21)20-25(23,24)14-6-4-12(3)5-7-14;/h4-7,11,13,15-16,18,20-21H,8-10H2,1-3H3,(H,19,22);1H. The maximum absolute atomic E-state index is 12.5. The first kappa shape index (κ1) is 22.9. The van der Waals surface area contributed by atoms with Gasteiger partial charge < -0.3 is 15.7 Å². The number of hydrogen-bond donors (Lipinski definition) is 4. The molecule has 0 spiro atoms. The Bertz CT molecular complexity index is 694. The molecule has 0 aliphatic carbocycles. The number of rotatable bonds is 7. The number of β-amino-alcohol motifs (C(OH)–C–C–N with tert-alkyl or cyclic N) is 1. The number of carbonyl (C=O) groups excluding carboxylic acids is 1. The quantitative estimate of drug-likeness (QED) is 0.525. The van der Waals surface area contributed by atoms with Gasteiger partial charge in [-0.15, -0.1) is 12.4 Å². The molecule has 0 bridgehead atoms. The van der Waals surface area contributed by atoms with Crippen LogP contribution in [-0.2, 0) is 14.8 Å². The van der Waals surface area contributed by atoms with Crippen molar-refractivity contribution in [3.05, 3.63) is 29.8 Å². The van der Waals surface area contributed by atoms with Crippen LogP contribution in [-0.4, -0.2) is 51.2 Å². The molecule has 4 N–H and O–H groups in total. The molecule has 1 aromatic rings. The smallest absolute Gasteiger partial charge is 0.241 e. The van der Waals surface area contributed by atoms with E-state index in [4.69, 9.17) is 0 Å². The maximum atomic E-state index is 12.5. The van der Waals surface area contributed by atoms with Crippen molar-refractivity contribution in [3.8, 4) is 0 Å². The molecule has 1 aliphatic heterocycles. The second-order valence-corrected chi connectivity index (χ2v) is 8.60. The molecule has 1 amide bonds. The van der Waals surface area contributed by atoms with Crippen molar-refractivity contribution in [1.29, 1.82) is 0 Å². The van der Waals surface area contributed by atoms with Crippen molar-refractivity contribution in [2.75, 3.05) is 19.6 Å². The molecular formula is C17H28ClN3O4S. The number of aryl methyl sites for hydroxylation is 1. The van der Waals surface area contributed by atoms with Crippen molar-refractivity contribution >= 4 is 28.3 Å². The average molecular weight is 406 g/mol. The summed E-state index contributed by atoms with van der Waals surface area (Å²) in [7, 11) is -3.79. The highest BCUT2D eigenvalue weighted by Crippen LogP contribution is 2.13. The number of aliphatic hydroxyl groups is 1. The zero-order chi connectivity index (χ0) is 18.6. The molecule has 1 aliphatic rings. The third-order valence-corrected chi connectivity index (χ3v) is 5.86. The molecule has 3 atom stereocenters. The summed E-state index contributed by atoms with van der Waals surface area (Å²) in [4.78, 5) is 12.6. The molecule has 7 nitrogen and oxygen atoms in total. The van der Waals surface area contributed by atoms with E-state index >= 15 is 0 Å². The van der Waals surface area contributed by atoms with Crippen molar-refractivity contribution in [1.82, 2.24) is 15.4 Å². The summed E-state index contributed by atoms with van der Waals surface area (Å²) < 4.78 is 27.6. The molecule has 1 heterocycles. The Morgan fingerprint density at radius 1 is 1.27 bits per heavy atom. The third kappa shape index (κ3) is 5.92. The highest BCUT2D eigenvalue weighted by Gasteiger charge is 2.30. The fourth-order valence-corrected chi connectivity index (χ4v) is 4.06. The van der Waals surface area contributed by atoms with Gasteiger partial charge in [-0.1, -0.05) is 31.5 Å². The van der Waals surface area contributed by atoms with Gasteiger partial charge in [0.2, 0.25) is 15.9 Å². The fraction of sp³-hybridized carbons (Fsp3) is 0.588. The van der Waals surface area contributed by atoms with Crippen LogP contribution in [0, 0.1) is 18.8 Å². The van der Waals surface area contributed by atoms with Gasteiger partial charge in [0.05, 0.1) is 11.0 Å². The summed E-state index contributed by atoms with van der Waals surface area (Å²) in [6.45, 7) is 6.89. The highest BCUT2D eigenvalue weighted by atomic mass is 35.5. The van der Waals surface area contributed by atoms with E-state index in [0.29, 0.717) is 19.6 Å². The molecule has 0 radical (unpaired) electrons. The minimum absolute atomic E-state index is 0. The van der Waals surface area contributed by atoms with Gasteiger partial charge in [0.25, 0.3) is 0 Å². The lowest BCUT2D eigenvalue weighted by atomic mass is 10.0. The van der Waals surface area contributed by atoms with Crippen molar-refractivity contribution in [2.24, 2.45) is 11.8 Å². The van der Waals surface area contributed by atoms with E-state index in [-0.39, 0.29) is 35.0 Å². The van der Waals surface area contributed by atoms with Gasteiger partial charge in [0.1, 0.15) is 6.04 Å². The first-order valence-electron chi connectivity index (χ1n) is 8.46. The van der Waals surface area contributed by atoms with Gasteiger partial charge in [0, 0.05) is 25.6 Å². The fourth-order valence-electron chi connectivity index (χ4n) is 2.71. The predicted molar refractivity (Wildman–Crippen MR) is 103 cm³/mol. The van der Waals surface area contributed by atoms with E-state index in [1.165, 1.54) is 12.1 Å². The molecule has 0 saturated carbocycles. The van der Waals surface area contributed by atoms with E-state index in [2.05, 4.69) is 15.4 Å². The van der Waals surface area contributed by atoms with E-state index in [0.717, 1.165) is 5.56 Å². The number of hydrogen-bond acceptors (Lipinski definition) is 5. The molecular weight excluding hydrogens is 378 g/mol. The number of aliphatic hydroxyl groups excluding tert-OH is 1. The monoisotopic (exact) mass is 405 g/mol. The number of sulfonamides is 1. The maximum Gasteiger partial charge on any atom is 0.241 e. The first-order chi connectivity index (χ1) is 11.7. The highest BCUT2D eigenvalue weighted by molar-refractivity contribution is 7.89. The lowest BCUT2D eigenvalue weighted by molar-refractivity contribution is -0.123. The topological polar surface area (TPSA) is 108 Å². The van der Waals surface area contributed by atoms with Crippen LogP contribution in [0.2, 0.25) is 0 Å². The minimum atomic E-state index is -3.79. The Hall–Kier alpha value is -1.19. The van der Waals surface area contributed by atoms with Crippen molar-refractivity contribution in [3.63, 3.8) is 0 Å². The van der Waals surface area contributed by atoms with Crippen LogP contribution in [0.5, 0.6) is 0 Å². The minimum Gasteiger partial charge on any atom is -0.391 e. The molecule has 1 aromatic carbocycles. The number of carbonyl (C=O) groups is 1. The Morgan fingerprint density at radius 3 is 2.38 bits per heavy atom. The molecule has 0 aromatic heterocycles. The van der Waals surface area contributed by atoms with E-state index in [1.54, 1.807) is 26.0 Å².